The highest BCUT2D eigenvalue weighted by molar-refractivity contribution is 5.37. The molecular formula is C10H10O2. The third-order valence-electron chi connectivity index (χ3n) is 1.46. The molecule has 0 aromatic heterocycles. The Morgan fingerprint density at radius 3 is 3.00 bits per heavy atom. The molecule has 0 spiro atoms. The Balaban J connectivity index is 2.96. The molecule has 2 nitrogen and oxygen atoms in total. The Morgan fingerprint density at radius 2 is 2.42 bits per heavy atom. The third kappa shape index (κ3) is 1.70. The van der Waals surface area contributed by atoms with Crippen LogP contribution in [-0.2, 0) is 6.42 Å². The van der Waals surface area contributed by atoms with Crippen molar-refractivity contribution in [3.63, 3.8) is 0 Å². The van der Waals surface area contributed by atoms with E-state index in [9.17, 15) is 0 Å². The van der Waals surface area contributed by atoms with Gasteiger partial charge in [0.15, 0.2) is 5.75 Å². The zero-order valence-corrected chi connectivity index (χ0v) is 6.92. The van der Waals surface area contributed by atoms with Crippen molar-refractivity contribution in [2.45, 2.75) is 6.42 Å². The maximum atomic E-state index is 9.17. The first-order valence-corrected chi connectivity index (χ1v) is 3.58. The largest absolute Gasteiger partial charge is 0.498 e. The summed E-state index contributed by atoms with van der Waals surface area (Å²) in [5.74, 6) is 0.413. The molecule has 0 fully saturated rings. The van der Waals surface area contributed by atoms with Crippen LogP contribution in [0.4, 0.5) is 0 Å². The molecule has 1 rings (SSSR count). The lowest BCUT2D eigenvalue weighted by Gasteiger charge is -2.00. The molecule has 0 radical (unpaired) electrons. The Hall–Kier alpha value is -1.62. The highest BCUT2D eigenvalue weighted by Crippen LogP contribution is 2.22. The van der Waals surface area contributed by atoms with Crippen molar-refractivity contribution in [3.05, 3.63) is 36.4 Å². The molecule has 62 valence electrons. The average molecular weight is 162 g/mol. The van der Waals surface area contributed by atoms with Gasteiger partial charge in [0, 0.05) is 5.56 Å². The van der Waals surface area contributed by atoms with E-state index in [-0.39, 0.29) is 5.75 Å². The minimum Gasteiger partial charge on any atom is -0.498 e. The standard InChI is InChI=1S/C10H10O2/c1-3-4-8-5-6-9(11)10(7-8)12-2/h3,7,11H,1,4H2,2H3. The smallest absolute Gasteiger partial charge is 0.210 e. The second-order valence-corrected chi connectivity index (χ2v) is 2.33. The lowest BCUT2D eigenvalue weighted by molar-refractivity contribution is 0.373. The summed E-state index contributed by atoms with van der Waals surface area (Å²) in [5, 5.41) is 9.17. The SMILES string of the molecule is C=CCc1c#cc(O)c(OC)c1. The highest BCUT2D eigenvalue weighted by atomic mass is 16.5. The maximum Gasteiger partial charge on any atom is 0.210 e. The topological polar surface area (TPSA) is 29.5 Å². The van der Waals surface area contributed by atoms with Gasteiger partial charge in [-0.3, -0.25) is 0 Å². The van der Waals surface area contributed by atoms with Gasteiger partial charge in [0.2, 0.25) is 5.75 Å². The number of ether oxygens (including phenoxy) is 1. The van der Waals surface area contributed by atoms with Crippen molar-refractivity contribution in [2.75, 3.05) is 7.11 Å². The van der Waals surface area contributed by atoms with E-state index in [2.05, 4.69) is 18.7 Å². The number of aromatic hydroxyl groups is 1. The van der Waals surface area contributed by atoms with Crippen LogP contribution in [0.15, 0.2) is 18.7 Å². The number of hydrogen-bond donors (Lipinski definition) is 1. The molecule has 0 aliphatic heterocycles. The Bertz CT molecular complexity index is 279. The summed E-state index contributed by atoms with van der Waals surface area (Å²) in [6.07, 6.45) is 2.46. The van der Waals surface area contributed by atoms with Crippen molar-refractivity contribution in [3.8, 4) is 11.5 Å². The predicted molar refractivity (Wildman–Crippen MR) is 46.2 cm³/mol. The lowest BCUT2D eigenvalue weighted by atomic mass is 10.2. The second kappa shape index (κ2) is 3.68. The minimum absolute atomic E-state index is 0.00897. The molecule has 0 aliphatic rings. The summed E-state index contributed by atoms with van der Waals surface area (Å²) in [5.41, 5.74) is 0.902. The van der Waals surface area contributed by atoms with Crippen LogP contribution < -0.4 is 4.74 Å². The van der Waals surface area contributed by atoms with Gasteiger partial charge in [0.1, 0.15) is 0 Å². The average Bonchev–Trinajstić information content (AvgIpc) is 2.09. The summed E-state index contributed by atoms with van der Waals surface area (Å²) in [6.45, 7) is 3.60. The molecule has 0 unspecified atom stereocenters. The molecule has 0 saturated carbocycles. The Labute approximate surface area is 72.1 Å². The molecule has 0 amide bonds. The van der Waals surface area contributed by atoms with Crippen molar-refractivity contribution < 1.29 is 9.84 Å². The lowest BCUT2D eigenvalue weighted by Crippen LogP contribution is -1.85. The number of methoxy groups -OCH3 is 1. The van der Waals surface area contributed by atoms with Crippen LogP contribution in [0.1, 0.15) is 5.56 Å². The number of rotatable bonds is 3. The van der Waals surface area contributed by atoms with Crippen molar-refractivity contribution in [1.29, 1.82) is 0 Å². The molecule has 0 atom stereocenters. The summed E-state index contributed by atoms with van der Waals surface area (Å²) >= 11 is 0. The molecule has 1 aromatic rings. The van der Waals surface area contributed by atoms with Crippen LogP contribution >= 0.6 is 0 Å². The van der Waals surface area contributed by atoms with Gasteiger partial charge >= 0.3 is 0 Å². The number of allylic oxidation sites excluding steroid dienone is 1. The zero-order chi connectivity index (χ0) is 8.97. The summed E-state index contributed by atoms with van der Waals surface area (Å²) in [4.78, 5) is 0. The Morgan fingerprint density at radius 1 is 1.67 bits per heavy atom. The van der Waals surface area contributed by atoms with E-state index in [1.807, 2.05) is 0 Å². The molecule has 0 aliphatic carbocycles. The van der Waals surface area contributed by atoms with E-state index in [1.54, 1.807) is 12.1 Å². The fourth-order valence-corrected chi connectivity index (χ4v) is 0.885. The molecule has 1 N–H and O–H groups in total. The Kier molecular flexibility index (Phi) is 2.60. The van der Waals surface area contributed by atoms with Crippen LogP contribution in [0.25, 0.3) is 0 Å². The van der Waals surface area contributed by atoms with Gasteiger partial charge in [-0.15, -0.1) is 6.58 Å². The second-order valence-electron chi connectivity index (χ2n) is 2.33. The fraction of sp³-hybridized carbons (Fsp3) is 0.200. The van der Waals surface area contributed by atoms with Crippen LogP contribution in [0, 0.1) is 12.1 Å². The van der Waals surface area contributed by atoms with E-state index in [0.717, 1.165) is 5.56 Å². The summed E-state index contributed by atoms with van der Waals surface area (Å²) < 4.78 is 4.90. The minimum atomic E-state index is -0.00897. The van der Waals surface area contributed by atoms with Crippen LogP contribution in [0.3, 0.4) is 0 Å². The summed E-state index contributed by atoms with van der Waals surface area (Å²) in [7, 11) is 1.50. The van der Waals surface area contributed by atoms with Crippen LogP contribution in [0.5, 0.6) is 11.5 Å². The number of hydrogen-bond acceptors (Lipinski definition) is 2. The van der Waals surface area contributed by atoms with Crippen molar-refractivity contribution >= 4 is 0 Å². The molecule has 2 heteroatoms. The van der Waals surface area contributed by atoms with Gasteiger partial charge < -0.3 is 9.84 Å². The molecular weight excluding hydrogens is 152 g/mol. The zero-order valence-electron chi connectivity index (χ0n) is 6.92. The first kappa shape index (κ1) is 8.48. The summed E-state index contributed by atoms with van der Waals surface area (Å²) in [6, 6.07) is 7.06. The van der Waals surface area contributed by atoms with E-state index < -0.39 is 0 Å². The molecule has 0 saturated heterocycles. The van der Waals surface area contributed by atoms with Crippen LogP contribution in [-0.4, -0.2) is 12.2 Å². The molecule has 0 heterocycles. The van der Waals surface area contributed by atoms with E-state index in [0.29, 0.717) is 12.2 Å². The first-order chi connectivity index (χ1) is 5.77. The van der Waals surface area contributed by atoms with Gasteiger partial charge in [-0.25, -0.2) is 0 Å². The highest BCUT2D eigenvalue weighted by Gasteiger charge is 1.99. The third-order valence-corrected chi connectivity index (χ3v) is 1.46. The van der Waals surface area contributed by atoms with Crippen LogP contribution in [0.2, 0.25) is 0 Å². The van der Waals surface area contributed by atoms with Crippen molar-refractivity contribution in [1.82, 2.24) is 0 Å². The normalized spacial score (nSPS) is 8.75. The van der Waals surface area contributed by atoms with E-state index >= 15 is 0 Å². The quantitative estimate of drug-likeness (QED) is 0.686. The van der Waals surface area contributed by atoms with Gasteiger partial charge in [-0.2, -0.15) is 0 Å². The van der Waals surface area contributed by atoms with Crippen molar-refractivity contribution in [2.24, 2.45) is 0 Å². The fourth-order valence-electron chi connectivity index (χ4n) is 0.885. The van der Waals surface area contributed by atoms with E-state index in [1.165, 1.54) is 7.11 Å². The van der Waals surface area contributed by atoms with Gasteiger partial charge in [-0.1, -0.05) is 12.1 Å². The van der Waals surface area contributed by atoms with Gasteiger partial charge in [0.05, 0.1) is 7.11 Å². The van der Waals surface area contributed by atoms with Gasteiger partial charge in [0.25, 0.3) is 0 Å². The molecule has 12 heavy (non-hydrogen) atoms. The monoisotopic (exact) mass is 162 g/mol. The van der Waals surface area contributed by atoms with E-state index in [4.69, 9.17) is 9.84 Å². The molecule has 1 aromatic carbocycles. The first-order valence-electron chi connectivity index (χ1n) is 3.58. The molecule has 0 bridgehead atoms. The van der Waals surface area contributed by atoms with Gasteiger partial charge in [-0.05, 0) is 18.6 Å². The predicted octanol–water partition coefficient (Wildman–Crippen LogP) is 1.73. The maximum absolute atomic E-state index is 9.17.